The standard InChI is InChI=1S/C22H22N2O4/c1-16-6-8-18(9-7-16)24-13-17(12-21(24)25)22(26)23(14-19-4-2-10-27-19)15-20-5-3-11-28-20/h2-11,17H,12-15H2,1H3. The fourth-order valence-electron chi connectivity index (χ4n) is 3.50. The molecule has 6 nitrogen and oxygen atoms in total. The van der Waals surface area contributed by atoms with E-state index in [1.54, 1.807) is 34.5 Å². The van der Waals surface area contributed by atoms with Crippen LogP contribution in [0.1, 0.15) is 23.5 Å². The number of nitrogens with zero attached hydrogens (tertiary/aromatic N) is 2. The predicted octanol–water partition coefficient (Wildman–Crippen LogP) is 3.76. The van der Waals surface area contributed by atoms with E-state index in [9.17, 15) is 9.59 Å². The second-order valence-electron chi connectivity index (χ2n) is 7.09. The van der Waals surface area contributed by atoms with Crippen molar-refractivity contribution in [3.8, 4) is 0 Å². The van der Waals surface area contributed by atoms with E-state index in [2.05, 4.69) is 0 Å². The van der Waals surface area contributed by atoms with Crippen molar-refractivity contribution < 1.29 is 18.4 Å². The quantitative estimate of drug-likeness (QED) is 0.655. The van der Waals surface area contributed by atoms with Gasteiger partial charge in [-0.25, -0.2) is 0 Å². The van der Waals surface area contributed by atoms with Crippen molar-refractivity contribution in [2.75, 3.05) is 11.4 Å². The van der Waals surface area contributed by atoms with Gasteiger partial charge in [-0.05, 0) is 43.3 Å². The highest BCUT2D eigenvalue weighted by atomic mass is 16.3. The van der Waals surface area contributed by atoms with Crippen LogP contribution >= 0.6 is 0 Å². The van der Waals surface area contributed by atoms with Gasteiger partial charge in [0.05, 0.1) is 31.5 Å². The molecule has 1 saturated heterocycles. The van der Waals surface area contributed by atoms with Crippen molar-refractivity contribution in [1.82, 2.24) is 4.90 Å². The van der Waals surface area contributed by atoms with Crippen LogP contribution in [0.4, 0.5) is 5.69 Å². The largest absolute Gasteiger partial charge is 0.467 e. The molecular weight excluding hydrogens is 356 g/mol. The minimum atomic E-state index is -0.390. The molecule has 1 fully saturated rings. The van der Waals surface area contributed by atoms with Crippen LogP contribution in [-0.2, 0) is 22.7 Å². The average molecular weight is 378 g/mol. The normalized spacial score (nSPS) is 16.5. The number of benzene rings is 1. The molecule has 2 aromatic heterocycles. The third kappa shape index (κ3) is 3.86. The molecule has 0 radical (unpaired) electrons. The fraction of sp³-hybridized carbons (Fsp3) is 0.273. The first-order valence-corrected chi connectivity index (χ1v) is 9.31. The van der Waals surface area contributed by atoms with Gasteiger partial charge in [-0.2, -0.15) is 0 Å². The minimum Gasteiger partial charge on any atom is -0.467 e. The Kier molecular flexibility index (Phi) is 5.02. The molecule has 0 aliphatic carbocycles. The van der Waals surface area contributed by atoms with Crippen molar-refractivity contribution in [3.05, 3.63) is 78.1 Å². The lowest BCUT2D eigenvalue weighted by atomic mass is 10.1. The second kappa shape index (κ2) is 7.76. The second-order valence-corrected chi connectivity index (χ2v) is 7.09. The number of anilines is 1. The lowest BCUT2D eigenvalue weighted by Crippen LogP contribution is -2.36. The Bertz CT molecular complexity index is 893. The van der Waals surface area contributed by atoms with Gasteiger partial charge in [0, 0.05) is 18.7 Å². The van der Waals surface area contributed by atoms with Crippen molar-refractivity contribution in [3.63, 3.8) is 0 Å². The number of hydrogen-bond acceptors (Lipinski definition) is 4. The monoisotopic (exact) mass is 378 g/mol. The number of carbonyl (C=O) groups is 2. The average Bonchev–Trinajstić information content (AvgIpc) is 3.44. The van der Waals surface area contributed by atoms with Crippen LogP contribution in [0.3, 0.4) is 0 Å². The Balaban J connectivity index is 1.51. The van der Waals surface area contributed by atoms with E-state index in [1.807, 2.05) is 43.3 Å². The molecule has 1 aliphatic heterocycles. The molecule has 0 spiro atoms. The number of rotatable bonds is 6. The van der Waals surface area contributed by atoms with Gasteiger partial charge in [0.25, 0.3) is 0 Å². The maximum absolute atomic E-state index is 13.2. The SMILES string of the molecule is Cc1ccc(N2CC(C(=O)N(Cc3ccco3)Cc3ccco3)CC2=O)cc1. The molecule has 3 heterocycles. The molecule has 2 amide bonds. The summed E-state index contributed by atoms with van der Waals surface area (Å²) in [5, 5.41) is 0. The molecule has 1 aliphatic rings. The molecule has 4 rings (SSSR count). The van der Waals surface area contributed by atoms with Crippen LogP contribution in [-0.4, -0.2) is 23.3 Å². The van der Waals surface area contributed by atoms with Crippen LogP contribution in [0.2, 0.25) is 0 Å². The van der Waals surface area contributed by atoms with Gasteiger partial charge < -0.3 is 18.6 Å². The van der Waals surface area contributed by atoms with Gasteiger partial charge >= 0.3 is 0 Å². The minimum absolute atomic E-state index is 0.0295. The molecule has 1 unspecified atom stereocenters. The third-order valence-electron chi connectivity index (χ3n) is 4.99. The Morgan fingerprint density at radius 2 is 1.64 bits per heavy atom. The summed E-state index contributed by atoms with van der Waals surface area (Å²) >= 11 is 0. The Labute approximate surface area is 163 Å². The number of amides is 2. The van der Waals surface area contributed by atoms with E-state index in [1.165, 1.54) is 0 Å². The zero-order chi connectivity index (χ0) is 19.5. The first-order valence-electron chi connectivity index (χ1n) is 9.31. The Morgan fingerprint density at radius 3 is 2.18 bits per heavy atom. The number of furan rings is 2. The van der Waals surface area contributed by atoms with Gasteiger partial charge in [0.1, 0.15) is 11.5 Å². The van der Waals surface area contributed by atoms with E-state index >= 15 is 0 Å². The highest BCUT2D eigenvalue weighted by Crippen LogP contribution is 2.27. The molecular formula is C22H22N2O4. The summed E-state index contributed by atoms with van der Waals surface area (Å²) in [6.07, 6.45) is 3.38. The van der Waals surface area contributed by atoms with Crippen molar-refractivity contribution >= 4 is 17.5 Å². The summed E-state index contributed by atoms with van der Waals surface area (Å²) in [6.45, 7) is 3.06. The molecule has 144 valence electrons. The van der Waals surface area contributed by atoms with Gasteiger partial charge in [0.15, 0.2) is 0 Å². The molecule has 0 saturated carbocycles. The number of carbonyl (C=O) groups excluding carboxylic acids is 2. The Morgan fingerprint density at radius 1 is 1.04 bits per heavy atom. The van der Waals surface area contributed by atoms with Crippen molar-refractivity contribution in [1.29, 1.82) is 0 Å². The lowest BCUT2D eigenvalue weighted by Gasteiger charge is -2.24. The van der Waals surface area contributed by atoms with Gasteiger partial charge in [0.2, 0.25) is 11.8 Å². The van der Waals surface area contributed by atoms with Crippen molar-refractivity contribution in [2.24, 2.45) is 5.92 Å². The highest BCUT2D eigenvalue weighted by Gasteiger charge is 2.37. The van der Waals surface area contributed by atoms with Crippen LogP contribution in [0.15, 0.2) is 69.9 Å². The summed E-state index contributed by atoms with van der Waals surface area (Å²) in [5.74, 6) is 0.895. The summed E-state index contributed by atoms with van der Waals surface area (Å²) in [7, 11) is 0. The third-order valence-corrected chi connectivity index (χ3v) is 4.99. The molecule has 28 heavy (non-hydrogen) atoms. The zero-order valence-electron chi connectivity index (χ0n) is 15.7. The maximum Gasteiger partial charge on any atom is 0.228 e. The fourth-order valence-corrected chi connectivity index (χ4v) is 3.50. The number of aryl methyl sites for hydroxylation is 1. The summed E-state index contributed by atoms with van der Waals surface area (Å²) in [6, 6.07) is 15.0. The first kappa shape index (κ1) is 18.1. The zero-order valence-corrected chi connectivity index (χ0v) is 15.7. The molecule has 1 atom stereocenters. The first-order chi connectivity index (χ1) is 13.6. The van der Waals surface area contributed by atoms with Crippen LogP contribution in [0.5, 0.6) is 0 Å². The van der Waals surface area contributed by atoms with Crippen LogP contribution in [0, 0.1) is 12.8 Å². The molecule has 1 aromatic carbocycles. The topological polar surface area (TPSA) is 66.9 Å². The van der Waals surface area contributed by atoms with Crippen LogP contribution < -0.4 is 4.90 Å². The van der Waals surface area contributed by atoms with Crippen molar-refractivity contribution in [2.45, 2.75) is 26.4 Å². The highest BCUT2D eigenvalue weighted by molar-refractivity contribution is 6.00. The van der Waals surface area contributed by atoms with Gasteiger partial charge in [-0.3, -0.25) is 9.59 Å². The lowest BCUT2D eigenvalue weighted by molar-refractivity contribution is -0.137. The maximum atomic E-state index is 13.2. The van der Waals surface area contributed by atoms with E-state index in [0.717, 1.165) is 11.3 Å². The van der Waals surface area contributed by atoms with Crippen LogP contribution in [0.25, 0.3) is 0 Å². The summed E-state index contributed by atoms with van der Waals surface area (Å²) in [5.41, 5.74) is 1.96. The summed E-state index contributed by atoms with van der Waals surface area (Å²) in [4.78, 5) is 29.2. The van der Waals surface area contributed by atoms with E-state index < -0.39 is 5.92 Å². The van der Waals surface area contributed by atoms with Gasteiger partial charge in [-0.1, -0.05) is 17.7 Å². The van der Waals surface area contributed by atoms with E-state index in [4.69, 9.17) is 8.83 Å². The molecule has 0 bridgehead atoms. The predicted molar refractivity (Wildman–Crippen MR) is 103 cm³/mol. The van der Waals surface area contributed by atoms with E-state index in [0.29, 0.717) is 31.2 Å². The smallest absolute Gasteiger partial charge is 0.228 e. The molecule has 0 N–H and O–H groups in total. The number of hydrogen-bond donors (Lipinski definition) is 0. The molecule has 6 heteroatoms. The molecule has 3 aromatic rings. The summed E-state index contributed by atoms with van der Waals surface area (Å²) < 4.78 is 10.8. The van der Waals surface area contributed by atoms with E-state index in [-0.39, 0.29) is 18.2 Å². The van der Waals surface area contributed by atoms with Gasteiger partial charge in [-0.15, -0.1) is 0 Å². The Hall–Kier alpha value is -3.28.